The molecule has 74 valence electrons. The average Bonchev–Trinajstić information content (AvgIpc) is 2.18. The van der Waals surface area contributed by atoms with Gasteiger partial charge in [0.05, 0.1) is 13.7 Å². The van der Waals surface area contributed by atoms with E-state index in [2.05, 4.69) is 4.98 Å². The molecule has 5 heteroatoms. The van der Waals surface area contributed by atoms with Crippen molar-refractivity contribution in [2.45, 2.75) is 6.61 Å². The second-order valence-corrected chi connectivity index (χ2v) is 2.89. The van der Waals surface area contributed by atoms with Crippen LogP contribution >= 0.6 is 0 Å². The molecule has 2 rings (SSSR count). The summed E-state index contributed by atoms with van der Waals surface area (Å²) >= 11 is 0. The van der Waals surface area contributed by atoms with Gasteiger partial charge in [0.1, 0.15) is 6.61 Å². The summed E-state index contributed by atoms with van der Waals surface area (Å²) in [5.74, 6) is -0.919. The number of halogens is 1. The van der Waals surface area contributed by atoms with Crippen LogP contribution in [0.5, 0.6) is 5.75 Å². The van der Waals surface area contributed by atoms with Crippen LogP contribution in [0.3, 0.4) is 0 Å². The van der Waals surface area contributed by atoms with E-state index in [1.165, 1.54) is 13.3 Å². The molecule has 0 aromatic carbocycles. The number of aromatic nitrogens is 1. The van der Waals surface area contributed by atoms with E-state index in [0.717, 1.165) is 0 Å². The number of fused-ring (bicyclic) bond motifs is 1. The van der Waals surface area contributed by atoms with Crippen molar-refractivity contribution in [3.05, 3.63) is 23.3 Å². The third-order valence-corrected chi connectivity index (χ3v) is 2.08. The third-order valence-electron chi connectivity index (χ3n) is 2.08. The lowest BCUT2D eigenvalue weighted by Gasteiger charge is -2.17. The molecule has 0 saturated heterocycles. The Labute approximate surface area is 79.7 Å². The van der Waals surface area contributed by atoms with E-state index in [4.69, 9.17) is 9.47 Å². The van der Waals surface area contributed by atoms with Crippen molar-refractivity contribution in [1.29, 1.82) is 0 Å². The van der Waals surface area contributed by atoms with Gasteiger partial charge in [-0.05, 0) is 0 Å². The molecular weight excluding hydrogens is 189 g/mol. The Balaban J connectivity index is 2.61. The van der Waals surface area contributed by atoms with Gasteiger partial charge in [-0.2, -0.15) is 4.39 Å². The van der Waals surface area contributed by atoms with E-state index < -0.39 is 5.95 Å². The first kappa shape index (κ1) is 9.08. The second-order valence-electron chi connectivity index (χ2n) is 2.89. The van der Waals surface area contributed by atoms with Crippen molar-refractivity contribution in [2.75, 3.05) is 13.7 Å². The number of pyridine rings is 1. The van der Waals surface area contributed by atoms with Gasteiger partial charge in [0.15, 0.2) is 11.5 Å². The Bertz CT molecular complexity index is 392. The molecule has 0 aliphatic carbocycles. The van der Waals surface area contributed by atoms with Gasteiger partial charge in [-0.25, -0.2) is 4.98 Å². The zero-order chi connectivity index (χ0) is 10.1. The zero-order valence-corrected chi connectivity index (χ0v) is 7.54. The highest BCUT2D eigenvalue weighted by Gasteiger charge is 2.24. The van der Waals surface area contributed by atoms with Crippen LogP contribution in [-0.4, -0.2) is 24.5 Å². The third kappa shape index (κ3) is 1.26. The van der Waals surface area contributed by atoms with E-state index in [1.54, 1.807) is 0 Å². The SMILES string of the molecule is COc1c(F)ncc2c1COCC2=O. The lowest BCUT2D eigenvalue weighted by molar-refractivity contribution is 0.0655. The number of hydrogen-bond acceptors (Lipinski definition) is 4. The maximum atomic E-state index is 13.1. The summed E-state index contributed by atoms with van der Waals surface area (Å²) in [6.45, 7) is 0.202. The van der Waals surface area contributed by atoms with Gasteiger partial charge in [0.2, 0.25) is 0 Å². The molecule has 1 aliphatic rings. The number of ether oxygens (including phenoxy) is 2. The molecular formula is C9H8FNO3. The van der Waals surface area contributed by atoms with Crippen LogP contribution in [0.4, 0.5) is 4.39 Å². The molecule has 0 fully saturated rings. The number of nitrogens with zero attached hydrogens (tertiary/aromatic N) is 1. The second kappa shape index (κ2) is 3.34. The van der Waals surface area contributed by atoms with E-state index in [-0.39, 0.29) is 24.7 Å². The van der Waals surface area contributed by atoms with E-state index in [1.807, 2.05) is 0 Å². The number of methoxy groups -OCH3 is 1. The molecule has 0 radical (unpaired) electrons. The van der Waals surface area contributed by atoms with Crippen LogP contribution in [-0.2, 0) is 11.3 Å². The normalized spacial score (nSPS) is 15.1. The lowest BCUT2D eigenvalue weighted by Crippen LogP contribution is -2.20. The maximum absolute atomic E-state index is 13.1. The van der Waals surface area contributed by atoms with Crippen LogP contribution in [0.2, 0.25) is 0 Å². The van der Waals surface area contributed by atoms with Gasteiger partial charge in [-0.3, -0.25) is 4.79 Å². The van der Waals surface area contributed by atoms with Gasteiger partial charge in [0, 0.05) is 17.3 Å². The summed E-state index contributed by atoms with van der Waals surface area (Å²) in [6.07, 6.45) is 1.22. The Morgan fingerprint density at radius 1 is 1.57 bits per heavy atom. The largest absolute Gasteiger partial charge is 0.492 e. The fourth-order valence-corrected chi connectivity index (χ4v) is 1.42. The van der Waals surface area contributed by atoms with Crippen LogP contribution in [0.25, 0.3) is 0 Å². The van der Waals surface area contributed by atoms with E-state index >= 15 is 0 Å². The number of carbonyl (C=O) groups is 1. The van der Waals surface area contributed by atoms with Crippen molar-refractivity contribution < 1.29 is 18.7 Å². The van der Waals surface area contributed by atoms with Crippen molar-refractivity contribution in [3.8, 4) is 5.75 Å². The molecule has 1 aromatic heterocycles. The van der Waals surface area contributed by atoms with Gasteiger partial charge in [-0.15, -0.1) is 0 Å². The summed E-state index contributed by atoms with van der Waals surface area (Å²) in [7, 11) is 1.33. The monoisotopic (exact) mass is 197 g/mol. The average molecular weight is 197 g/mol. The molecule has 0 amide bonds. The molecule has 0 bridgehead atoms. The fraction of sp³-hybridized carbons (Fsp3) is 0.333. The minimum atomic E-state index is -0.718. The first-order valence-electron chi connectivity index (χ1n) is 4.06. The van der Waals surface area contributed by atoms with Gasteiger partial charge in [-0.1, -0.05) is 0 Å². The number of hydrogen-bond donors (Lipinski definition) is 0. The molecule has 14 heavy (non-hydrogen) atoms. The minimum absolute atomic E-state index is 0.00412. The minimum Gasteiger partial charge on any atom is -0.492 e. The number of ketones is 1. The number of carbonyl (C=O) groups excluding carboxylic acids is 1. The number of rotatable bonds is 1. The smallest absolute Gasteiger partial charge is 0.255 e. The van der Waals surface area contributed by atoms with Gasteiger partial charge in [0.25, 0.3) is 5.95 Å². The zero-order valence-electron chi connectivity index (χ0n) is 7.54. The van der Waals surface area contributed by atoms with Crippen molar-refractivity contribution in [1.82, 2.24) is 4.98 Å². The van der Waals surface area contributed by atoms with Crippen LogP contribution < -0.4 is 4.74 Å². The van der Waals surface area contributed by atoms with Crippen LogP contribution in [0, 0.1) is 5.95 Å². The van der Waals surface area contributed by atoms with Gasteiger partial charge < -0.3 is 9.47 Å². The predicted octanol–water partition coefficient (Wildman–Crippen LogP) is 0.942. The highest BCUT2D eigenvalue weighted by molar-refractivity contribution is 5.99. The first-order chi connectivity index (χ1) is 6.74. The van der Waals surface area contributed by atoms with Crippen molar-refractivity contribution in [3.63, 3.8) is 0 Å². The first-order valence-corrected chi connectivity index (χ1v) is 4.06. The van der Waals surface area contributed by atoms with Crippen LogP contribution in [0.15, 0.2) is 6.20 Å². The molecule has 2 heterocycles. The Hall–Kier alpha value is -1.49. The fourth-order valence-electron chi connectivity index (χ4n) is 1.42. The molecule has 0 N–H and O–H groups in total. The van der Waals surface area contributed by atoms with Crippen LogP contribution in [0.1, 0.15) is 15.9 Å². The molecule has 1 aromatic rings. The van der Waals surface area contributed by atoms with E-state index in [0.29, 0.717) is 11.1 Å². The number of Topliss-reactive ketones (excluding diaryl/α,β-unsaturated/α-hetero) is 1. The van der Waals surface area contributed by atoms with Gasteiger partial charge >= 0.3 is 0 Å². The Morgan fingerprint density at radius 2 is 2.36 bits per heavy atom. The topological polar surface area (TPSA) is 48.4 Å². The van der Waals surface area contributed by atoms with Crippen molar-refractivity contribution in [2.24, 2.45) is 0 Å². The predicted molar refractivity (Wildman–Crippen MR) is 44.7 cm³/mol. The standard InChI is InChI=1S/C9H8FNO3/c1-13-8-6-3-14-4-7(12)5(6)2-11-9(8)10/h2H,3-4H2,1H3. The highest BCUT2D eigenvalue weighted by Crippen LogP contribution is 2.27. The molecule has 0 unspecified atom stereocenters. The highest BCUT2D eigenvalue weighted by atomic mass is 19.1. The molecule has 4 nitrogen and oxygen atoms in total. The Kier molecular flexibility index (Phi) is 2.17. The molecule has 1 aliphatic heterocycles. The molecule has 0 atom stereocenters. The lowest BCUT2D eigenvalue weighted by atomic mass is 10.0. The summed E-state index contributed by atoms with van der Waals surface area (Å²) in [5.41, 5.74) is 0.825. The summed E-state index contributed by atoms with van der Waals surface area (Å²) in [6, 6.07) is 0. The summed E-state index contributed by atoms with van der Waals surface area (Å²) in [4.78, 5) is 14.8. The summed E-state index contributed by atoms with van der Waals surface area (Å²) in [5, 5.41) is 0. The quantitative estimate of drug-likeness (QED) is 0.629. The van der Waals surface area contributed by atoms with E-state index in [9.17, 15) is 9.18 Å². The van der Waals surface area contributed by atoms with Crippen molar-refractivity contribution >= 4 is 5.78 Å². The Morgan fingerprint density at radius 3 is 3.07 bits per heavy atom. The molecule has 0 spiro atoms. The maximum Gasteiger partial charge on any atom is 0.255 e. The summed E-state index contributed by atoms with van der Waals surface area (Å²) < 4.78 is 22.9. The molecule has 0 saturated carbocycles.